The molecular formula is C14H15NO4S2. The molecule has 1 amide bonds. The molecule has 1 saturated heterocycles. The van der Waals surface area contributed by atoms with Gasteiger partial charge in [0.1, 0.15) is 16.1 Å². The van der Waals surface area contributed by atoms with Crippen LogP contribution in [0.25, 0.3) is 6.08 Å². The number of rotatable bonds is 5. The van der Waals surface area contributed by atoms with Gasteiger partial charge < -0.3 is 9.52 Å². The molecule has 2 rings (SSSR count). The minimum atomic E-state index is -1.04. The third kappa shape index (κ3) is 3.19. The summed E-state index contributed by atoms with van der Waals surface area (Å²) in [5, 5.41) is 9.41. The van der Waals surface area contributed by atoms with Crippen molar-refractivity contribution in [1.29, 1.82) is 0 Å². The number of furan rings is 1. The van der Waals surface area contributed by atoms with Crippen LogP contribution in [0.4, 0.5) is 0 Å². The number of aliphatic carboxylic acids is 1. The molecule has 1 N–H and O–H groups in total. The van der Waals surface area contributed by atoms with Crippen molar-refractivity contribution in [1.82, 2.24) is 4.90 Å². The molecular weight excluding hydrogens is 310 g/mol. The summed E-state index contributed by atoms with van der Waals surface area (Å²) in [5.74, 6) is -1.08. The van der Waals surface area contributed by atoms with E-state index >= 15 is 0 Å². The smallest absolute Gasteiger partial charge is 0.327 e. The van der Waals surface area contributed by atoms with E-state index in [2.05, 4.69) is 0 Å². The van der Waals surface area contributed by atoms with Gasteiger partial charge in [-0.05, 0) is 18.1 Å². The van der Waals surface area contributed by atoms with Crippen LogP contribution in [0.15, 0.2) is 27.7 Å². The molecule has 1 aromatic rings. The van der Waals surface area contributed by atoms with Crippen LogP contribution >= 0.6 is 24.0 Å². The second-order valence-electron chi connectivity index (χ2n) is 4.74. The zero-order valence-electron chi connectivity index (χ0n) is 11.6. The first kappa shape index (κ1) is 15.8. The van der Waals surface area contributed by atoms with Crippen molar-refractivity contribution >= 4 is 46.3 Å². The second-order valence-corrected chi connectivity index (χ2v) is 6.41. The topological polar surface area (TPSA) is 70.8 Å². The average Bonchev–Trinajstić information content (AvgIpc) is 3.02. The summed E-state index contributed by atoms with van der Waals surface area (Å²) in [6, 6.07) is 2.49. The summed E-state index contributed by atoms with van der Waals surface area (Å²) in [6.45, 7) is 3.69. The van der Waals surface area contributed by atoms with Crippen molar-refractivity contribution in [3.8, 4) is 0 Å². The van der Waals surface area contributed by atoms with Crippen LogP contribution in [0, 0.1) is 5.92 Å². The first-order valence-corrected chi connectivity index (χ1v) is 7.71. The number of amides is 1. The highest BCUT2D eigenvalue weighted by atomic mass is 32.2. The zero-order valence-corrected chi connectivity index (χ0v) is 13.2. The van der Waals surface area contributed by atoms with E-state index < -0.39 is 12.0 Å². The van der Waals surface area contributed by atoms with Crippen LogP contribution in [0.1, 0.15) is 26.0 Å². The lowest BCUT2D eigenvalue weighted by Crippen LogP contribution is -2.47. The van der Waals surface area contributed by atoms with E-state index in [4.69, 9.17) is 16.6 Å². The number of thiocarbonyl (C=S) groups is 1. The molecule has 2 unspecified atom stereocenters. The van der Waals surface area contributed by atoms with Crippen LogP contribution in [-0.4, -0.2) is 32.2 Å². The lowest BCUT2D eigenvalue weighted by molar-refractivity contribution is -0.147. The Morgan fingerprint density at radius 1 is 1.62 bits per heavy atom. The lowest BCUT2D eigenvalue weighted by atomic mass is 9.98. The predicted octanol–water partition coefficient (Wildman–Crippen LogP) is 2.98. The molecule has 5 nitrogen and oxygen atoms in total. The Labute approximate surface area is 132 Å². The summed E-state index contributed by atoms with van der Waals surface area (Å²) < 4.78 is 5.44. The fraction of sp³-hybridized carbons (Fsp3) is 0.357. The standard InChI is InChI=1S/C14H15NO4S2/c1-3-8(2)11(13(17)18)15-12(16)10(21-14(15)20)7-9-5-4-6-19-9/h4-8,11H,3H2,1-2H3,(H,17,18)/b10-7-. The molecule has 0 aliphatic carbocycles. The summed E-state index contributed by atoms with van der Waals surface area (Å²) in [6.07, 6.45) is 3.73. The zero-order chi connectivity index (χ0) is 15.6. The fourth-order valence-electron chi connectivity index (χ4n) is 2.05. The number of hydrogen-bond donors (Lipinski definition) is 1. The highest BCUT2D eigenvalue weighted by molar-refractivity contribution is 8.26. The minimum absolute atomic E-state index is 0.187. The summed E-state index contributed by atoms with van der Waals surface area (Å²) >= 11 is 6.29. The van der Waals surface area contributed by atoms with Gasteiger partial charge in [-0.1, -0.05) is 44.2 Å². The molecule has 0 aromatic carbocycles. The number of carboxylic acids is 1. The Morgan fingerprint density at radius 3 is 2.86 bits per heavy atom. The maximum atomic E-state index is 12.5. The summed E-state index contributed by atoms with van der Waals surface area (Å²) in [5.41, 5.74) is 0. The van der Waals surface area contributed by atoms with E-state index in [9.17, 15) is 14.7 Å². The first-order valence-electron chi connectivity index (χ1n) is 6.49. The third-order valence-electron chi connectivity index (χ3n) is 3.35. The number of carboxylic acid groups (broad SMARTS) is 1. The van der Waals surface area contributed by atoms with Gasteiger partial charge >= 0.3 is 5.97 Å². The Balaban J connectivity index is 2.31. The maximum absolute atomic E-state index is 12.5. The second kappa shape index (κ2) is 6.44. The van der Waals surface area contributed by atoms with Gasteiger partial charge in [0.05, 0.1) is 11.2 Å². The minimum Gasteiger partial charge on any atom is -0.480 e. The molecule has 1 aliphatic rings. The van der Waals surface area contributed by atoms with E-state index in [-0.39, 0.29) is 16.1 Å². The fourth-order valence-corrected chi connectivity index (χ4v) is 3.36. The van der Waals surface area contributed by atoms with Crippen LogP contribution < -0.4 is 0 Å². The van der Waals surface area contributed by atoms with E-state index in [0.717, 1.165) is 11.8 Å². The molecule has 21 heavy (non-hydrogen) atoms. The van der Waals surface area contributed by atoms with Crippen molar-refractivity contribution in [3.63, 3.8) is 0 Å². The van der Waals surface area contributed by atoms with Crippen molar-refractivity contribution in [2.45, 2.75) is 26.3 Å². The van der Waals surface area contributed by atoms with Gasteiger partial charge in [0.15, 0.2) is 0 Å². The molecule has 7 heteroatoms. The van der Waals surface area contributed by atoms with Crippen LogP contribution in [0.5, 0.6) is 0 Å². The van der Waals surface area contributed by atoms with E-state index in [1.807, 2.05) is 6.92 Å². The molecule has 1 aromatic heterocycles. The molecule has 0 radical (unpaired) electrons. The van der Waals surface area contributed by atoms with Crippen molar-refractivity contribution in [2.75, 3.05) is 0 Å². The Hall–Kier alpha value is -1.60. The number of nitrogens with zero attached hydrogens (tertiary/aromatic N) is 1. The van der Waals surface area contributed by atoms with E-state index in [0.29, 0.717) is 17.1 Å². The van der Waals surface area contributed by atoms with E-state index in [1.165, 1.54) is 11.2 Å². The van der Waals surface area contributed by atoms with Gasteiger partial charge in [-0.3, -0.25) is 9.69 Å². The van der Waals surface area contributed by atoms with Gasteiger partial charge in [-0.15, -0.1) is 0 Å². The van der Waals surface area contributed by atoms with Crippen molar-refractivity contribution < 1.29 is 19.1 Å². The van der Waals surface area contributed by atoms with Crippen LogP contribution in [0.2, 0.25) is 0 Å². The molecule has 0 bridgehead atoms. The van der Waals surface area contributed by atoms with Gasteiger partial charge in [0, 0.05) is 6.08 Å². The Morgan fingerprint density at radius 2 is 2.33 bits per heavy atom. The molecule has 2 heterocycles. The molecule has 112 valence electrons. The van der Waals surface area contributed by atoms with Crippen molar-refractivity contribution in [3.05, 3.63) is 29.1 Å². The van der Waals surface area contributed by atoms with Crippen molar-refractivity contribution in [2.24, 2.45) is 5.92 Å². The third-order valence-corrected chi connectivity index (χ3v) is 4.68. The maximum Gasteiger partial charge on any atom is 0.327 e. The summed E-state index contributed by atoms with van der Waals surface area (Å²) in [4.78, 5) is 25.5. The van der Waals surface area contributed by atoms with Gasteiger partial charge in [0.25, 0.3) is 5.91 Å². The van der Waals surface area contributed by atoms with Crippen LogP contribution in [-0.2, 0) is 9.59 Å². The molecule has 1 fully saturated rings. The van der Waals surface area contributed by atoms with Gasteiger partial charge in [-0.25, -0.2) is 4.79 Å². The van der Waals surface area contributed by atoms with Crippen LogP contribution in [0.3, 0.4) is 0 Å². The predicted molar refractivity (Wildman–Crippen MR) is 84.6 cm³/mol. The van der Waals surface area contributed by atoms with E-state index in [1.54, 1.807) is 25.1 Å². The number of hydrogen-bond acceptors (Lipinski definition) is 5. The number of carbonyl (C=O) groups is 2. The Kier molecular flexibility index (Phi) is 4.84. The highest BCUT2D eigenvalue weighted by Gasteiger charge is 2.42. The average molecular weight is 325 g/mol. The molecule has 0 saturated carbocycles. The Bertz CT molecular complexity index is 594. The SMILES string of the molecule is CCC(C)C(C(=O)O)N1C(=O)/C(=C/c2ccco2)SC1=S. The van der Waals surface area contributed by atoms with Gasteiger partial charge in [0.2, 0.25) is 0 Å². The lowest BCUT2D eigenvalue weighted by Gasteiger charge is -2.27. The largest absolute Gasteiger partial charge is 0.480 e. The first-order chi connectivity index (χ1) is 9.95. The molecule has 2 atom stereocenters. The summed E-state index contributed by atoms with van der Waals surface area (Å²) in [7, 11) is 0. The highest BCUT2D eigenvalue weighted by Crippen LogP contribution is 2.35. The monoisotopic (exact) mass is 325 g/mol. The molecule has 1 aliphatic heterocycles. The number of thioether (sulfide) groups is 1. The number of carbonyl (C=O) groups excluding carboxylic acids is 1. The molecule has 0 spiro atoms. The van der Waals surface area contributed by atoms with Gasteiger partial charge in [-0.2, -0.15) is 0 Å². The normalized spacial score (nSPS) is 20.1. The quantitative estimate of drug-likeness (QED) is 0.663.